The summed E-state index contributed by atoms with van der Waals surface area (Å²) in [5.41, 5.74) is 3.21. The fourth-order valence-corrected chi connectivity index (χ4v) is 3.05. The molecule has 0 bridgehead atoms. The SMILES string of the molecule is COOC(C)CC/C(C(=O)/C=C/c1ccc(O)c(C)c1)=C(O)\C=C\c1ccc(O)c(C)c1. The molecule has 0 radical (unpaired) electrons. The van der Waals surface area contributed by atoms with Crippen molar-refractivity contribution in [3.63, 3.8) is 0 Å². The van der Waals surface area contributed by atoms with Crippen LogP contribution in [0.5, 0.6) is 11.5 Å². The molecule has 170 valence electrons. The number of aromatic hydroxyl groups is 2. The molecule has 2 aromatic rings. The van der Waals surface area contributed by atoms with Crippen molar-refractivity contribution in [2.24, 2.45) is 0 Å². The van der Waals surface area contributed by atoms with Gasteiger partial charge in [-0.1, -0.05) is 24.3 Å². The Hall–Kier alpha value is -3.35. The minimum absolute atomic E-state index is 0.142. The van der Waals surface area contributed by atoms with Crippen LogP contribution in [-0.2, 0) is 14.6 Å². The van der Waals surface area contributed by atoms with Gasteiger partial charge in [-0.15, -0.1) is 0 Å². The van der Waals surface area contributed by atoms with E-state index in [2.05, 4.69) is 4.89 Å². The van der Waals surface area contributed by atoms with E-state index in [9.17, 15) is 20.1 Å². The summed E-state index contributed by atoms with van der Waals surface area (Å²) in [6, 6.07) is 10.1. The Morgan fingerprint density at radius 2 is 1.50 bits per heavy atom. The Morgan fingerprint density at radius 1 is 0.969 bits per heavy atom. The molecule has 0 aliphatic rings. The number of hydrogen-bond acceptors (Lipinski definition) is 6. The molecule has 0 amide bonds. The Labute approximate surface area is 188 Å². The quantitative estimate of drug-likeness (QED) is 0.148. The zero-order valence-electron chi connectivity index (χ0n) is 18.8. The third-order valence-corrected chi connectivity index (χ3v) is 4.97. The third kappa shape index (κ3) is 7.41. The van der Waals surface area contributed by atoms with Gasteiger partial charge >= 0.3 is 0 Å². The number of phenolic OH excluding ortho intramolecular Hbond substituents is 2. The van der Waals surface area contributed by atoms with Crippen molar-refractivity contribution < 1.29 is 29.9 Å². The Bertz CT molecular complexity index is 1030. The number of carbonyl (C=O) groups is 1. The average molecular weight is 439 g/mol. The van der Waals surface area contributed by atoms with Crippen molar-refractivity contribution in [1.82, 2.24) is 0 Å². The zero-order chi connectivity index (χ0) is 23.7. The van der Waals surface area contributed by atoms with Crippen LogP contribution in [0.15, 0.2) is 59.9 Å². The average Bonchev–Trinajstić information content (AvgIpc) is 2.75. The molecule has 0 heterocycles. The maximum Gasteiger partial charge on any atom is 0.185 e. The smallest absolute Gasteiger partial charge is 0.185 e. The fraction of sp³-hybridized carbons (Fsp3) is 0.269. The highest BCUT2D eigenvalue weighted by molar-refractivity contribution is 6.07. The number of benzene rings is 2. The number of carbonyl (C=O) groups excluding carboxylic acids is 1. The van der Waals surface area contributed by atoms with Gasteiger partial charge in [0.05, 0.1) is 13.2 Å². The molecule has 1 unspecified atom stereocenters. The lowest BCUT2D eigenvalue weighted by atomic mass is 10.00. The van der Waals surface area contributed by atoms with Gasteiger partial charge in [0, 0.05) is 5.57 Å². The first-order valence-electron chi connectivity index (χ1n) is 10.3. The highest BCUT2D eigenvalue weighted by atomic mass is 17.2. The van der Waals surface area contributed by atoms with Crippen LogP contribution in [0.3, 0.4) is 0 Å². The van der Waals surface area contributed by atoms with E-state index in [0.29, 0.717) is 17.5 Å². The molecule has 0 aromatic heterocycles. The van der Waals surface area contributed by atoms with Gasteiger partial charge in [-0.25, -0.2) is 9.78 Å². The summed E-state index contributed by atoms with van der Waals surface area (Å²) in [6.45, 7) is 5.37. The van der Waals surface area contributed by atoms with Crippen LogP contribution in [0.1, 0.15) is 42.0 Å². The van der Waals surface area contributed by atoms with E-state index >= 15 is 0 Å². The third-order valence-electron chi connectivity index (χ3n) is 4.97. The van der Waals surface area contributed by atoms with Gasteiger partial charge in [0.2, 0.25) is 0 Å². The highest BCUT2D eigenvalue weighted by Gasteiger charge is 2.14. The van der Waals surface area contributed by atoms with Crippen LogP contribution < -0.4 is 0 Å². The number of aliphatic hydroxyl groups is 1. The first-order valence-corrected chi connectivity index (χ1v) is 10.3. The second-order valence-corrected chi connectivity index (χ2v) is 7.60. The molecule has 0 aliphatic heterocycles. The number of rotatable bonds is 10. The summed E-state index contributed by atoms with van der Waals surface area (Å²) >= 11 is 0. The van der Waals surface area contributed by atoms with Crippen molar-refractivity contribution in [2.75, 3.05) is 7.11 Å². The molecular formula is C26H30O6. The van der Waals surface area contributed by atoms with Crippen molar-refractivity contribution in [1.29, 1.82) is 0 Å². The van der Waals surface area contributed by atoms with Crippen LogP contribution in [0.25, 0.3) is 12.2 Å². The van der Waals surface area contributed by atoms with Crippen LogP contribution in [0.4, 0.5) is 0 Å². The van der Waals surface area contributed by atoms with Gasteiger partial charge in [-0.3, -0.25) is 4.79 Å². The van der Waals surface area contributed by atoms with Crippen molar-refractivity contribution >= 4 is 17.9 Å². The van der Waals surface area contributed by atoms with E-state index in [-0.39, 0.29) is 41.1 Å². The fourth-order valence-electron chi connectivity index (χ4n) is 3.05. The summed E-state index contributed by atoms with van der Waals surface area (Å²) in [5, 5.41) is 30.0. The molecule has 0 saturated heterocycles. The lowest BCUT2D eigenvalue weighted by molar-refractivity contribution is -0.301. The van der Waals surface area contributed by atoms with Crippen LogP contribution in [0, 0.1) is 13.8 Å². The second-order valence-electron chi connectivity index (χ2n) is 7.60. The van der Waals surface area contributed by atoms with Gasteiger partial charge in [-0.2, -0.15) is 0 Å². The number of hydrogen-bond donors (Lipinski definition) is 3. The van der Waals surface area contributed by atoms with Crippen molar-refractivity contribution in [3.05, 3.63) is 82.1 Å². The molecule has 0 fully saturated rings. The van der Waals surface area contributed by atoms with Gasteiger partial charge < -0.3 is 15.3 Å². The molecule has 2 aromatic carbocycles. The van der Waals surface area contributed by atoms with Crippen LogP contribution >= 0.6 is 0 Å². The summed E-state index contributed by atoms with van der Waals surface area (Å²) in [6.07, 6.45) is 6.69. The Kier molecular flexibility index (Phi) is 9.25. The van der Waals surface area contributed by atoms with Gasteiger partial charge in [0.1, 0.15) is 17.3 Å². The maximum absolute atomic E-state index is 12.9. The number of aliphatic hydroxyl groups excluding tert-OH is 1. The Morgan fingerprint density at radius 3 is 2.00 bits per heavy atom. The molecule has 0 saturated carbocycles. The van der Waals surface area contributed by atoms with Crippen LogP contribution in [0.2, 0.25) is 0 Å². The summed E-state index contributed by atoms with van der Waals surface area (Å²) < 4.78 is 0. The summed E-state index contributed by atoms with van der Waals surface area (Å²) in [4.78, 5) is 22.6. The second kappa shape index (κ2) is 11.9. The van der Waals surface area contributed by atoms with E-state index in [0.717, 1.165) is 11.1 Å². The predicted octanol–water partition coefficient (Wildman–Crippen LogP) is 5.57. The first kappa shape index (κ1) is 24.9. The van der Waals surface area contributed by atoms with Gasteiger partial charge in [-0.05, 0) is 92.3 Å². The normalized spacial score (nSPS) is 13.5. The molecular weight excluding hydrogens is 408 g/mol. The summed E-state index contributed by atoms with van der Waals surface area (Å²) in [5.74, 6) is -0.0887. The standard InChI is InChI=1S/C26H30O6/c1-17-15-20(6-11-23(17)27)8-13-25(29)22(10-5-19(3)32-31-4)26(30)14-9-21-7-12-24(28)18(2)16-21/h6-9,11-16,19,27-29H,5,10H2,1-4H3/b13-8+,14-9+,25-22-. The van der Waals surface area contributed by atoms with Crippen LogP contribution in [-0.4, -0.2) is 34.3 Å². The Balaban J connectivity index is 2.28. The molecule has 32 heavy (non-hydrogen) atoms. The van der Waals surface area contributed by atoms with E-state index < -0.39 is 0 Å². The molecule has 2 rings (SSSR count). The molecule has 3 N–H and O–H groups in total. The highest BCUT2D eigenvalue weighted by Crippen LogP contribution is 2.21. The molecule has 6 nitrogen and oxygen atoms in total. The number of phenols is 2. The van der Waals surface area contributed by atoms with Crippen molar-refractivity contribution in [3.8, 4) is 11.5 Å². The molecule has 0 spiro atoms. The number of aryl methyl sites for hydroxylation is 2. The van der Waals surface area contributed by atoms with E-state index in [1.165, 1.54) is 19.3 Å². The minimum atomic E-state index is -0.329. The molecule has 6 heteroatoms. The first-order chi connectivity index (χ1) is 15.2. The van der Waals surface area contributed by atoms with E-state index in [1.54, 1.807) is 62.4 Å². The van der Waals surface area contributed by atoms with E-state index in [4.69, 9.17) is 4.89 Å². The van der Waals surface area contributed by atoms with E-state index in [1.807, 2.05) is 6.92 Å². The lowest BCUT2D eigenvalue weighted by Crippen LogP contribution is -2.10. The zero-order valence-corrected chi connectivity index (χ0v) is 18.8. The predicted molar refractivity (Wildman–Crippen MR) is 125 cm³/mol. The summed E-state index contributed by atoms with van der Waals surface area (Å²) in [7, 11) is 1.42. The maximum atomic E-state index is 12.9. The van der Waals surface area contributed by atoms with Gasteiger partial charge in [0.15, 0.2) is 5.78 Å². The topological polar surface area (TPSA) is 96.2 Å². The lowest BCUT2D eigenvalue weighted by Gasteiger charge is -2.11. The monoisotopic (exact) mass is 438 g/mol. The van der Waals surface area contributed by atoms with Gasteiger partial charge in [0.25, 0.3) is 0 Å². The number of ketones is 1. The minimum Gasteiger partial charge on any atom is -0.508 e. The molecule has 0 aliphatic carbocycles. The number of allylic oxidation sites excluding steroid dienone is 3. The van der Waals surface area contributed by atoms with Crippen molar-refractivity contribution in [2.45, 2.75) is 39.7 Å². The molecule has 1 atom stereocenters. The largest absolute Gasteiger partial charge is 0.508 e.